The van der Waals surface area contributed by atoms with Gasteiger partial charge in [-0.3, -0.25) is 14.6 Å². The molecule has 1 aliphatic heterocycles. The zero-order chi connectivity index (χ0) is 25.8. The van der Waals surface area contributed by atoms with E-state index >= 15 is 0 Å². The van der Waals surface area contributed by atoms with Gasteiger partial charge in [0.15, 0.2) is 11.9 Å². The van der Waals surface area contributed by atoms with E-state index in [2.05, 4.69) is 9.88 Å². The molecule has 2 heterocycles. The third-order valence-electron chi connectivity index (χ3n) is 6.75. The van der Waals surface area contributed by atoms with Crippen LogP contribution in [0.15, 0.2) is 79.0 Å². The number of Topliss-reactive ketones (excluding diaryl/α,β-unsaturated/α-hetero) is 1. The topological polar surface area (TPSA) is 75.6 Å². The lowest BCUT2D eigenvalue weighted by atomic mass is 10.1. The van der Waals surface area contributed by atoms with Crippen LogP contribution in [0.25, 0.3) is 22.3 Å². The molecule has 1 fully saturated rings. The van der Waals surface area contributed by atoms with Gasteiger partial charge < -0.3 is 14.5 Å². The number of rotatable bonds is 7. The van der Waals surface area contributed by atoms with Crippen molar-refractivity contribution in [1.29, 1.82) is 0 Å². The standard InChI is InChI=1S/C30H30N4O3/c1-3-29(30(36)34-18-16-33(17-19-34)24-12-8-22(9-13-24)21(2)35)37-25-14-10-23(11-15-25)28-20-31-26-6-4-5-7-27(26)32-28/h4-15,20,29H,3,16-19H2,1-2H3. The Morgan fingerprint density at radius 2 is 1.57 bits per heavy atom. The molecule has 1 aliphatic rings. The van der Waals surface area contributed by atoms with Crippen LogP contribution in [0.2, 0.25) is 0 Å². The van der Waals surface area contributed by atoms with Gasteiger partial charge in [-0.2, -0.15) is 0 Å². The second-order valence-electron chi connectivity index (χ2n) is 9.20. The Morgan fingerprint density at radius 3 is 2.22 bits per heavy atom. The average molecular weight is 495 g/mol. The number of carbonyl (C=O) groups excluding carboxylic acids is 2. The number of piperazine rings is 1. The summed E-state index contributed by atoms with van der Waals surface area (Å²) in [6.07, 6.45) is 1.82. The van der Waals surface area contributed by atoms with Crippen LogP contribution in [0.5, 0.6) is 5.75 Å². The quantitative estimate of drug-likeness (QED) is 0.337. The number of benzene rings is 3. The largest absolute Gasteiger partial charge is 0.481 e. The molecule has 0 N–H and O–H groups in total. The molecule has 37 heavy (non-hydrogen) atoms. The minimum Gasteiger partial charge on any atom is -0.481 e. The number of para-hydroxylation sites is 2. The van der Waals surface area contributed by atoms with Crippen molar-refractivity contribution >= 4 is 28.4 Å². The van der Waals surface area contributed by atoms with Crippen molar-refractivity contribution in [3.05, 3.63) is 84.6 Å². The minimum absolute atomic E-state index is 0.0125. The van der Waals surface area contributed by atoms with Crippen molar-refractivity contribution in [2.24, 2.45) is 0 Å². The number of amides is 1. The van der Waals surface area contributed by atoms with Crippen LogP contribution in [0.4, 0.5) is 5.69 Å². The molecular formula is C30H30N4O3. The molecule has 7 heteroatoms. The lowest BCUT2D eigenvalue weighted by molar-refractivity contribution is -0.139. The molecule has 3 aromatic carbocycles. The van der Waals surface area contributed by atoms with Crippen molar-refractivity contribution in [3.8, 4) is 17.0 Å². The molecule has 4 aromatic rings. The molecule has 0 aliphatic carbocycles. The van der Waals surface area contributed by atoms with Gasteiger partial charge in [-0.25, -0.2) is 4.98 Å². The summed E-state index contributed by atoms with van der Waals surface area (Å²) >= 11 is 0. The molecule has 1 unspecified atom stereocenters. The molecule has 188 valence electrons. The Balaban J connectivity index is 1.19. The molecular weight excluding hydrogens is 464 g/mol. The summed E-state index contributed by atoms with van der Waals surface area (Å²) in [4.78, 5) is 38.1. The first-order valence-corrected chi connectivity index (χ1v) is 12.7. The molecule has 1 saturated heterocycles. The first-order chi connectivity index (χ1) is 18.0. The molecule has 1 aromatic heterocycles. The normalized spacial score (nSPS) is 14.4. The van der Waals surface area contributed by atoms with E-state index in [-0.39, 0.29) is 11.7 Å². The number of ether oxygens (including phenoxy) is 1. The van der Waals surface area contributed by atoms with Crippen LogP contribution in [-0.4, -0.2) is 58.8 Å². The molecule has 1 amide bonds. The van der Waals surface area contributed by atoms with E-state index in [4.69, 9.17) is 9.72 Å². The van der Waals surface area contributed by atoms with Gasteiger partial charge in [0.05, 0.1) is 22.9 Å². The summed E-state index contributed by atoms with van der Waals surface area (Å²) in [7, 11) is 0. The first kappa shape index (κ1) is 24.4. The Hall–Kier alpha value is -4.26. The SMILES string of the molecule is CCC(Oc1ccc(-c2cnc3ccccc3n2)cc1)C(=O)N1CCN(c2ccc(C(C)=O)cc2)CC1. The summed E-state index contributed by atoms with van der Waals surface area (Å²) in [5.41, 5.74) is 5.22. The summed E-state index contributed by atoms with van der Waals surface area (Å²) in [5, 5.41) is 0. The van der Waals surface area contributed by atoms with E-state index in [9.17, 15) is 9.59 Å². The highest BCUT2D eigenvalue weighted by atomic mass is 16.5. The third-order valence-corrected chi connectivity index (χ3v) is 6.75. The smallest absolute Gasteiger partial charge is 0.263 e. The highest BCUT2D eigenvalue weighted by Crippen LogP contribution is 2.24. The van der Waals surface area contributed by atoms with Gasteiger partial charge in [-0.05, 0) is 74.0 Å². The van der Waals surface area contributed by atoms with Crippen molar-refractivity contribution in [1.82, 2.24) is 14.9 Å². The van der Waals surface area contributed by atoms with Crippen LogP contribution in [-0.2, 0) is 4.79 Å². The highest BCUT2D eigenvalue weighted by molar-refractivity contribution is 5.94. The van der Waals surface area contributed by atoms with Crippen molar-refractivity contribution < 1.29 is 14.3 Å². The fraction of sp³-hybridized carbons (Fsp3) is 0.267. The number of ketones is 1. The Bertz CT molecular complexity index is 1390. The molecule has 0 spiro atoms. The summed E-state index contributed by atoms with van der Waals surface area (Å²) in [5.74, 6) is 0.727. The Labute approximate surface area is 216 Å². The predicted octanol–water partition coefficient (Wildman–Crippen LogP) is 5.01. The maximum atomic E-state index is 13.2. The van der Waals surface area contributed by atoms with Crippen LogP contribution < -0.4 is 9.64 Å². The number of anilines is 1. The second-order valence-corrected chi connectivity index (χ2v) is 9.20. The maximum absolute atomic E-state index is 13.2. The predicted molar refractivity (Wildman–Crippen MR) is 145 cm³/mol. The zero-order valence-corrected chi connectivity index (χ0v) is 21.1. The van der Waals surface area contributed by atoms with E-state index in [0.29, 0.717) is 30.8 Å². The maximum Gasteiger partial charge on any atom is 0.263 e. The summed E-state index contributed by atoms with van der Waals surface area (Å²) in [6, 6.07) is 23.1. The third kappa shape index (κ3) is 5.45. The number of nitrogens with zero attached hydrogens (tertiary/aromatic N) is 4. The molecule has 0 saturated carbocycles. The lowest BCUT2D eigenvalue weighted by Gasteiger charge is -2.37. The average Bonchev–Trinajstić information content (AvgIpc) is 2.96. The number of hydrogen-bond acceptors (Lipinski definition) is 6. The Kier molecular flexibility index (Phi) is 7.12. The van der Waals surface area contributed by atoms with Gasteiger partial charge >= 0.3 is 0 Å². The van der Waals surface area contributed by atoms with Gasteiger partial charge in [0.1, 0.15) is 5.75 Å². The Morgan fingerprint density at radius 1 is 0.892 bits per heavy atom. The highest BCUT2D eigenvalue weighted by Gasteiger charge is 2.28. The van der Waals surface area contributed by atoms with Crippen LogP contribution in [0.1, 0.15) is 30.6 Å². The second kappa shape index (κ2) is 10.8. The number of fused-ring (bicyclic) bond motifs is 1. The van der Waals surface area contributed by atoms with Gasteiger partial charge in [0.2, 0.25) is 0 Å². The molecule has 0 radical (unpaired) electrons. The zero-order valence-electron chi connectivity index (χ0n) is 21.1. The summed E-state index contributed by atoms with van der Waals surface area (Å²) in [6.45, 7) is 6.28. The van der Waals surface area contributed by atoms with Crippen molar-refractivity contribution in [2.75, 3.05) is 31.1 Å². The van der Waals surface area contributed by atoms with E-state index in [1.165, 1.54) is 0 Å². The number of carbonyl (C=O) groups is 2. The van der Waals surface area contributed by atoms with E-state index < -0.39 is 6.10 Å². The fourth-order valence-corrected chi connectivity index (χ4v) is 4.57. The van der Waals surface area contributed by atoms with Crippen LogP contribution in [0, 0.1) is 0 Å². The van der Waals surface area contributed by atoms with Gasteiger partial charge in [-0.15, -0.1) is 0 Å². The molecule has 5 rings (SSSR count). The van der Waals surface area contributed by atoms with Crippen molar-refractivity contribution in [3.63, 3.8) is 0 Å². The van der Waals surface area contributed by atoms with Gasteiger partial charge in [-0.1, -0.05) is 19.1 Å². The van der Waals surface area contributed by atoms with Gasteiger partial charge in [0.25, 0.3) is 5.91 Å². The molecule has 7 nitrogen and oxygen atoms in total. The lowest BCUT2D eigenvalue weighted by Crippen LogP contribution is -2.52. The molecule has 0 bridgehead atoms. The van der Waals surface area contributed by atoms with E-state index in [1.807, 2.05) is 84.6 Å². The fourth-order valence-electron chi connectivity index (χ4n) is 4.57. The summed E-state index contributed by atoms with van der Waals surface area (Å²) < 4.78 is 6.11. The number of aromatic nitrogens is 2. The van der Waals surface area contributed by atoms with Gasteiger partial charge in [0, 0.05) is 43.0 Å². The number of hydrogen-bond donors (Lipinski definition) is 0. The van der Waals surface area contributed by atoms with E-state index in [0.717, 1.165) is 41.1 Å². The first-order valence-electron chi connectivity index (χ1n) is 12.7. The van der Waals surface area contributed by atoms with Crippen LogP contribution in [0.3, 0.4) is 0 Å². The van der Waals surface area contributed by atoms with Crippen molar-refractivity contribution in [2.45, 2.75) is 26.4 Å². The minimum atomic E-state index is -0.535. The monoisotopic (exact) mass is 494 g/mol. The molecule has 1 atom stereocenters. The van der Waals surface area contributed by atoms with Crippen LogP contribution >= 0.6 is 0 Å². The van der Waals surface area contributed by atoms with E-state index in [1.54, 1.807) is 13.1 Å².